The summed E-state index contributed by atoms with van der Waals surface area (Å²) in [6.07, 6.45) is 0.464. The summed E-state index contributed by atoms with van der Waals surface area (Å²) in [6.45, 7) is 9.23. The molecule has 5 nitrogen and oxygen atoms in total. The zero-order chi connectivity index (χ0) is 21.1. The van der Waals surface area contributed by atoms with E-state index < -0.39 is 0 Å². The van der Waals surface area contributed by atoms with Crippen LogP contribution < -0.4 is 4.90 Å². The third-order valence-electron chi connectivity index (χ3n) is 5.70. The first kappa shape index (κ1) is 20.1. The van der Waals surface area contributed by atoms with Gasteiger partial charge < -0.3 is 9.80 Å². The van der Waals surface area contributed by atoms with E-state index >= 15 is 0 Å². The van der Waals surface area contributed by atoms with Crippen LogP contribution in [0.25, 0.3) is 11.3 Å². The van der Waals surface area contributed by atoms with Crippen LogP contribution in [0.2, 0.25) is 0 Å². The zero-order valence-electron chi connectivity index (χ0n) is 17.9. The molecule has 0 unspecified atom stereocenters. The monoisotopic (exact) mass is 400 g/mol. The molecular weight excluding hydrogens is 372 g/mol. The number of carbonyl (C=O) groups excluding carboxylic acids is 1. The lowest BCUT2D eigenvalue weighted by molar-refractivity contribution is -0.130. The Kier molecular flexibility index (Phi) is 5.79. The highest BCUT2D eigenvalue weighted by molar-refractivity contribution is 5.79. The summed E-state index contributed by atoms with van der Waals surface area (Å²) in [5, 5.41) is 8.92. The second kappa shape index (κ2) is 8.66. The predicted octanol–water partition coefficient (Wildman–Crippen LogP) is 3.96. The maximum atomic E-state index is 12.7. The molecule has 1 amide bonds. The van der Waals surface area contributed by atoms with Crippen molar-refractivity contribution in [2.75, 3.05) is 31.1 Å². The highest BCUT2D eigenvalue weighted by Crippen LogP contribution is 2.23. The van der Waals surface area contributed by atoms with E-state index in [0.717, 1.165) is 35.7 Å². The van der Waals surface area contributed by atoms with Crippen molar-refractivity contribution in [1.29, 1.82) is 0 Å². The Balaban J connectivity index is 1.36. The van der Waals surface area contributed by atoms with Gasteiger partial charge in [0.1, 0.15) is 0 Å². The van der Waals surface area contributed by atoms with Gasteiger partial charge in [-0.2, -0.15) is 0 Å². The van der Waals surface area contributed by atoms with Crippen molar-refractivity contribution in [3.63, 3.8) is 0 Å². The predicted molar refractivity (Wildman–Crippen MR) is 121 cm³/mol. The Hall–Kier alpha value is -3.21. The average Bonchev–Trinajstić information content (AvgIpc) is 2.74. The Morgan fingerprint density at radius 1 is 0.867 bits per heavy atom. The van der Waals surface area contributed by atoms with Crippen LogP contribution in [0.4, 0.5) is 5.82 Å². The summed E-state index contributed by atoms with van der Waals surface area (Å²) < 4.78 is 0. The minimum absolute atomic E-state index is 0.191. The largest absolute Gasteiger partial charge is 0.352 e. The summed E-state index contributed by atoms with van der Waals surface area (Å²) >= 11 is 0. The van der Waals surface area contributed by atoms with Crippen LogP contribution in [0.3, 0.4) is 0 Å². The van der Waals surface area contributed by atoms with Crippen molar-refractivity contribution in [3.8, 4) is 11.3 Å². The number of piperazine rings is 1. The zero-order valence-corrected chi connectivity index (χ0v) is 17.9. The number of amides is 1. The molecule has 1 saturated heterocycles. The molecule has 30 heavy (non-hydrogen) atoms. The Labute approximate surface area is 178 Å². The number of rotatable bonds is 4. The molecule has 0 bridgehead atoms. The molecule has 0 atom stereocenters. The SMILES string of the molecule is Cc1cccc(CC(=O)N2CCN(c3ccc(-c4ccc(C)cc4C)nn3)CC2)c1. The number of nitrogens with zero attached hydrogens (tertiary/aromatic N) is 4. The van der Waals surface area contributed by atoms with E-state index in [2.05, 4.69) is 66.2 Å². The molecule has 0 spiro atoms. The van der Waals surface area contributed by atoms with Crippen molar-refractivity contribution in [2.24, 2.45) is 0 Å². The molecule has 5 heteroatoms. The van der Waals surface area contributed by atoms with E-state index in [0.29, 0.717) is 19.5 Å². The molecule has 2 heterocycles. The maximum Gasteiger partial charge on any atom is 0.227 e. The van der Waals surface area contributed by atoms with Crippen LogP contribution in [-0.4, -0.2) is 47.2 Å². The van der Waals surface area contributed by atoms with Gasteiger partial charge in [-0.05, 0) is 44.0 Å². The van der Waals surface area contributed by atoms with Crippen LogP contribution in [0, 0.1) is 20.8 Å². The molecular formula is C25H28N4O. The van der Waals surface area contributed by atoms with Crippen LogP contribution >= 0.6 is 0 Å². The smallest absolute Gasteiger partial charge is 0.227 e. The summed E-state index contributed by atoms with van der Waals surface area (Å²) in [5.74, 6) is 1.06. The standard InChI is InChI=1S/C25H28N4O/c1-18-5-4-6-21(16-18)17-25(30)29-13-11-28(12-14-29)24-10-9-23(26-27-24)22-8-7-19(2)15-20(22)3/h4-10,15-16H,11-14,17H2,1-3H3. The van der Waals surface area contributed by atoms with Crippen LogP contribution in [0.1, 0.15) is 22.3 Å². The van der Waals surface area contributed by atoms with Crippen LogP contribution in [0.15, 0.2) is 54.6 Å². The van der Waals surface area contributed by atoms with Gasteiger partial charge in [0.05, 0.1) is 12.1 Å². The van der Waals surface area contributed by atoms with Gasteiger partial charge in [-0.15, -0.1) is 10.2 Å². The van der Waals surface area contributed by atoms with E-state index in [4.69, 9.17) is 0 Å². The van der Waals surface area contributed by atoms with Gasteiger partial charge in [-0.25, -0.2) is 0 Å². The number of aryl methyl sites for hydroxylation is 3. The number of carbonyl (C=O) groups is 1. The number of anilines is 1. The lowest BCUT2D eigenvalue weighted by Gasteiger charge is -2.35. The van der Waals surface area contributed by atoms with E-state index in [1.54, 1.807) is 0 Å². The summed E-state index contributed by atoms with van der Waals surface area (Å²) in [4.78, 5) is 16.8. The molecule has 1 fully saturated rings. The molecule has 1 aliphatic heterocycles. The third-order valence-corrected chi connectivity index (χ3v) is 5.70. The first-order chi connectivity index (χ1) is 14.5. The van der Waals surface area contributed by atoms with Gasteiger partial charge in [0.2, 0.25) is 5.91 Å². The minimum Gasteiger partial charge on any atom is -0.352 e. The highest BCUT2D eigenvalue weighted by atomic mass is 16.2. The molecule has 154 valence electrons. The average molecular weight is 401 g/mol. The van der Waals surface area contributed by atoms with Crippen LogP contribution in [-0.2, 0) is 11.2 Å². The fourth-order valence-corrected chi connectivity index (χ4v) is 4.03. The molecule has 4 rings (SSSR count). The second-order valence-electron chi connectivity index (χ2n) is 8.13. The fraction of sp³-hybridized carbons (Fsp3) is 0.320. The van der Waals surface area contributed by atoms with Crippen molar-refractivity contribution in [3.05, 3.63) is 76.9 Å². The van der Waals surface area contributed by atoms with Crippen molar-refractivity contribution < 1.29 is 4.79 Å². The van der Waals surface area contributed by atoms with E-state index in [1.807, 2.05) is 29.2 Å². The van der Waals surface area contributed by atoms with Crippen molar-refractivity contribution in [2.45, 2.75) is 27.2 Å². The summed E-state index contributed by atoms with van der Waals surface area (Å²) in [6, 6.07) is 18.6. The maximum absolute atomic E-state index is 12.7. The van der Waals surface area contributed by atoms with Crippen LogP contribution in [0.5, 0.6) is 0 Å². The van der Waals surface area contributed by atoms with Gasteiger partial charge in [0.15, 0.2) is 5.82 Å². The lowest BCUT2D eigenvalue weighted by atomic mass is 10.0. The molecule has 1 aromatic heterocycles. The minimum atomic E-state index is 0.191. The van der Waals surface area contributed by atoms with E-state index in [9.17, 15) is 4.79 Å². The molecule has 0 radical (unpaired) electrons. The molecule has 3 aromatic rings. The van der Waals surface area contributed by atoms with Gasteiger partial charge in [0, 0.05) is 31.7 Å². The fourth-order valence-electron chi connectivity index (χ4n) is 4.03. The molecule has 1 aliphatic rings. The summed E-state index contributed by atoms with van der Waals surface area (Å²) in [7, 11) is 0. The normalized spacial score (nSPS) is 14.1. The first-order valence-corrected chi connectivity index (χ1v) is 10.5. The van der Waals surface area contributed by atoms with E-state index in [1.165, 1.54) is 16.7 Å². The van der Waals surface area contributed by atoms with Gasteiger partial charge in [-0.1, -0.05) is 53.6 Å². The number of hydrogen-bond acceptors (Lipinski definition) is 4. The quantitative estimate of drug-likeness (QED) is 0.665. The van der Waals surface area contributed by atoms with Gasteiger partial charge in [0.25, 0.3) is 0 Å². The van der Waals surface area contributed by atoms with Gasteiger partial charge >= 0.3 is 0 Å². The second-order valence-corrected chi connectivity index (χ2v) is 8.13. The Morgan fingerprint density at radius 3 is 2.30 bits per heavy atom. The Morgan fingerprint density at radius 2 is 1.63 bits per heavy atom. The highest BCUT2D eigenvalue weighted by Gasteiger charge is 2.22. The molecule has 0 saturated carbocycles. The van der Waals surface area contributed by atoms with Gasteiger partial charge in [-0.3, -0.25) is 4.79 Å². The van der Waals surface area contributed by atoms with Crippen molar-refractivity contribution in [1.82, 2.24) is 15.1 Å². The van der Waals surface area contributed by atoms with E-state index in [-0.39, 0.29) is 5.91 Å². The topological polar surface area (TPSA) is 49.3 Å². The molecule has 0 aliphatic carbocycles. The number of aromatic nitrogens is 2. The Bertz CT molecular complexity index is 1040. The number of benzene rings is 2. The lowest BCUT2D eigenvalue weighted by Crippen LogP contribution is -2.49. The molecule has 0 N–H and O–H groups in total. The van der Waals surface area contributed by atoms with Crippen molar-refractivity contribution >= 4 is 11.7 Å². The number of hydrogen-bond donors (Lipinski definition) is 0. The molecule has 2 aromatic carbocycles. The summed E-state index contributed by atoms with van der Waals surface area (Å²) in [5.41, 5.74) is 6.73. The first-order valence-electron chi connectivity index (χ1n) is 10.5. The third kappa shape index (κ3) is 4.51.